The van der Waals surface area contributed by atoms with E-state index in [4.69, 9.17) is 5.11 Å². The van der Waals surface area contributed by atoms with E-state index in [1.54, 1.807) is 0 Å². The van der Waals surface area contributed by atoms with Crippen LogP contribution in [0, 0.1) is 5.41 Å². The van der Waals surface area contributed by atoms with E-state index in [0.29, 0.717) is 11.3 Å². The summed E-state index contributed by atoms with van der Waals surface area (Å²) in [5.41, 5.74) is 0.302. The van der Waals surface area contributed by atoms with Crippen molar-refractivity contribution in [2.24, 2.45) is 5.41 Å². The summed E-state index contributed by atoms with van der Waals surface area (Å²) in [4.78, 5) is 9.30. The molecule has 5 nitrogen and oxygen atoms in total. The Morgan fingerprint density at radius 3 is 2.52 bits per heavy atom. The van der Waals surface area contributed by atoms with Gasteiger partial charge in [-0.2, -0.15) is 0 Å². The summed E-state index contributed by atoms with van der Waals surface area (Å²) in [5, 5.41) is 16.0. The maximum Gasteiger partial charge on any atom is 0.136 e. The Hall–Kier alpha value is -1.36. The molecule has 3 N–H and O–H groups in total. The third-order valence-corrected chi connectivity index (χ3v) is 4.49. The maximum atomic E-state index is 9.14. The normalized spacial score (nSPS) is 19.3. The molecule has 0 aliphatic heterocycles. The van der Waals surface area contributed by atoms with Gasteiger partial charge >= 0.3 is 0 Å². The summed E-state index contributed by atoms with van der Waals surface area (Å²) in [6.07, 6.45) is 6.83. The van der Waals surface area contributed by atoms with Crippen LogP contribution in [0.5, 0.6) is 0 Å². The molecule has 1 aromatic rings. The Morgan fingerprint density at radius 1 is 1.24 bits per heavy atom. The standard InChI is InChI=1S/C16H26N4O/c1-2-8-17-13-10-14(20-15(19-13)12-3-4-12)18-11-16(5-6-16)7-9-21/h10,12,21H,2-9,11H2,1H3,(H2,17,18,19,20). The Labute approximate surface area is 126 Å². The van der Waals surface area contributed by atoms with Crippen molar-refractivity contribution in [3.05, 3.63) is 11.9 Å². The largest absolute Gasteiger partial charge is 0.396 e. The fraction of sp³-hybridized carbons (Fsp3) is 0.750. The molecular weight excluding hydrogens is 264 g/mol. The molecule has 0 bridgehead atoms. The number of aliphatic hydroxyl groups is 1. The second-order valence-electron chi connectivity index (χ2n) is 6.52. The zero-order chi connectivity index (χ0) is 14.7. The van der Waals surface area contributed by atoms with Gasteiger partial charge in [-0.05, 0) is 43.9 Å². The summed E-state index contributed by atoms with van der Waals surface area (Å²) in [6, 6.07) is 2.01. The lowest BCUT2D eigenvalue weighted by Crippen LogP contribution is -2.18. The minimum Gasteiger partial charge on any atom is -0.396 e. The molecule has 0 atom stereocenters. The number of hydrogen-bond donors (Lipinski definition) is 3. The number of rotatable bonds is 9. The molecule has 2 fully saturated rings. The van der Waals surface area contributed by atoms with Gasteiger partial charge in [0, 0.05) is 31.7 Å². The van der Waals surface area contributed by atoms with Crippen LogP contribution >= 0.6 is 0 Å². The fourth-order valence-electron chi connectivity index (χ4n) is 2.63. The van der Waals surface area contributed by atoms with Crippen LogP contribution < -0.4 is 10.6 Å². The first-order chi connectivity index (χ1) is 10.2. The maximum absolute atomic E-state index is 9.14. The Kier molecular flexibility index (Phi) is 4.29. The molecule has 0 saturated heterocycles. The predicted octanol–water partition coefficient (Wildman–Crippen LogP) is 2.75. The Balaban J connectivity index is 1.66. The van der Waals surface area contributed by atoms with E-state index in [-0.39, 0.29) is 6.61 Å². The van der Waals surface area contributed by atoms with Crippen molar-refractivity contribution in [3.63, 3.8) is 0 Å². The SMILES string of the molecule is CCCNc1cc(NCC2(CCO)CC2)nc(C2CC2)n1. The molecule has 2 aliphatic carbocycles. The molecule has 1 heterocycles. The number of aliphatic hydroxyl groups excluding tert-OH is 1. The van der Waals surface area contributed by atoms with E-state index in [0.717, 1.165) is 43.4 Å². The lowest BCUT2D eigenvalue weighted by atomic mass is 10.0. The van der Waals surface area contributed by atoms with Gasteiger partial charge in [0.15, 0.2) is 0 Å². The minimum atomic E-state index is 0.280. The Bertz CT molecular complexity index is 483. The first kappa shape index (κ1) is 14.6. The molecule has 2 aliphatic rings. The molecule has 0 aromatic carbocycles. The minimum absolute atomic E-state index is 0.280. The molecule has 0 radical (unpaired) electrons. The molecule has 3 rings (SSSR count). The van der Waals surface area contributed by atoms with Crippen molar-refractivity contribution in [1.82, 2.24) is 9.97 Å². The highest BCUT2D eigenvalue weighted by Gasteiger charge is 2.41. The van der Waals surface area contributed by atoms with Crippen molar-refractivity contribution in [2.45, 2.75) is 51.4 Å². The monoisotopic (exact) mass is 290 g/mol. The molecule has 21 heavy (non-hydrogen) atoms. The first-order valence-corrected chi connectivity index (χ1v) is 8.22. The molecule has 0 amide bonds. The van der Waals surface area contributed by atoms with Crippen LogP contribution in [-0.4, -0.2) is 34.8 Å². The molecular formula is C16H26N4O. The quantitative estimate of drug-likeness (QED) is 0.652. The van der Waals surface area contributed by atoms with Crippen molar-refractivity contribution in [3.8, 4) is 0 Å². The summed E-state index contributed by atoms with van der Waals surface area (Å²) in [5.74, 6) is 3.39. The number of anilines is 2. The number of nitrogens with zero attached hydrogens (tertiary/aromatic N) is 2. The smallest absolute Gasteiger partial charge is 0.136 e. The molecule has 0 unspecified atom stereocenters. The average Bonchev–Trinajstić information content (AvgIpc) is 3.37. The predicted molar refractivity (Wildman–Crippen MR) is 84.6 cm³/mol. The van der Waals surface area contributed by atoms with Gasteiger partial charge < -0.3 is 15.7 Å². The van der Waals surface area contributed by atoms with Crippen molar-refractivity contribution >= 4 is 11.6 Å². The topological polar surface area (TPSA) is 70.1 Å². The molecule has 1 aromatic heterocycles. The molecule has 5 heteroatoms. The van der Waals surface area contributed by atoms with Crippen molar-refractivity contribution < 1.29 is 5.11 Å². The Morgan fingerprint density at radius 2 is 1.95 bits per heavy atom. The van der Waals surface area contributed by atoms with E-state index in [9.17, 15) is 0 Å². The van der Waals surface area contributed by atoms with E-state index < -0.39 is 0 Å². The fourth-order valence-corrected chi connectivity index (χ4v) is 2.63. The van der Waals surface area contributed by atoms with Gasteiger partial charge in [0.25, 0.3) is 0 Å². The third kappa shape index (κ3) is 3.84. The van der Waals surface area contributed by atoms with E-state index in [2.05, 4.69) is 27.5 Å². The number of aromatic nitrogens is 2. The van der Waals surface area contributed by atoms with Crippen molar-refractivity contribution in [2.75, 3.05) is 30.3 Å². The van der Waals surface area contributed by atoms with Crippen LogP contribution in [0.1, 0.15) is 57.2 Å². The zero-order valence-corrected chi connectivity index (χ0v) is 12.9. The summed E-state index contributed by atoms with van der Waals surface area (Å²) in [6.45, 7) is 4.28. The number of hydrogen-bond acceptors (Lipinski definition) is 5. The highest BCUT2D eigenvalue weighted by atomic mass is 16.3. The molecule has 0 spiro atoms. The van der Waals surface area contributed by atoms with Gasteiger partial charge in [-0.15, -0.1) is 0 Å². The highest BCUT2D eigenvalue weighted by molar-refractivity contribution is 5.48. The van der Waals surface area contributed by atoms with Gasteiger partial charge in [0.1, 0.15) is 17.5 Å². The molecule has 2 saturated carbocycles. The second-order valence-corrected chi connectivity index (χ2v) is 6.52. The van der Waals surface area contributed by atoms with E-state index >= 15 is 0 Å². The van der Waals surface area contributed by atoms with Crippen LogP contribution in [0.25, 0.3) is 0 Å². The lowest BCUT2D eigenvalue weighted by Gasteiger charge is -2.16. The van der Waals surface area contributed by atoms with Gasteiger partial charge in [-0.25, -0.2) is 9.97 Å². The van der Waals surface area contributed by atoms with Crippen LogP contribution in [0.3, 0.4) is 0 Å². The van der Waals surface area contributed by atoms with Crippen LogP contribution in [0.2, 0.25) is 0 Å². The van der Waals surface area contributed by atoms with Crippen LogP contribution in [0.4, 0.5) is 11.6 Å². The van der Waals surface area contributed by atoms with E-state index in [1.165, 1.54) is 25.7 Å². The van der Waals surface area contributed by atoms with Crippen molar-refractivity contribution in [1.29, 1.82) is 0 Å². The lowest BCUT2D eigenvalue weighted by molar-refractivity contribution is 0.253. The van der Waals surface area contributed by atoms with Crippen LogP contribution in [-0.2, 0) is 0 Å². The number of nitrogens with one attached hydrogen (secondary N) is 2. The second kappa shape index (κ2) is 6.18. The summed E-state index contributed by atoms with van der Waals surface area (Å²) >= 11 is 0. The average molecular weight is 290 g/mol. The summed E-state index contributed by atoms with van der Waals surface area (Å²) < 4.78 is 0. The van der Waals surface area contributed by atoms with Gasteiger partial charge in [0.05, 0.1) is 0 Å². The molecule has 116 valence electrons. The first-order valence-electron chi connectivity index (χ1n) is 8.22. The van der Waals surface area contributed by atoms with Crippen LogP contribution in [0.15, 0.2) is 6.07 Å². The van der Waals surface area contributed by atoms with Gasteiger partial charge in [-0.3, -0.25) is 0 Å². The zero-order valence-electron chi connectivity index (χ0n) is 12.9. The third-order valence-electron chi connectivity index (χ3n) is 4.49. The van der Waals surface area contributed by atoms with Gasteiger partial charge in [-0.1, -0.05) is 6.92 Å². The van der Waals surface area contributed by atoms with Gasteiger partial charge in [0.2, 0.25) is 0 Å². The highest BCUT2D eigenvalue weighted by Crippen LogP contribution is 2.48. The summed E-state index contributed by atoms with van der Waals surface area (Å²) in [7, 11) is 0. The van der Waals surface area contributed by atoms with E-state index in [1.807, 2.05) is 6.07 Å².